The van der Waals surface area contributed by atoms with Crippen LogP contribution < -0.4 is 10.1 Å². The summed E-state index contributed by atoms with van der Waals surface area (Å²) in [6.07, 6.45) is 2.31. The van der Waals surface area contributed by atoms with Crippen LogP contribution >= 0.6 is 0 Å². The first-order valence-corrected chi connectivity index (χ1v) is 8.17. The first-order chi connectivity index (χ1) is 12.2. The van der Waals surface area contributed by atoms with E-state index in [9.17, 15) is 4.79 Å². The van der Waals surface area contributed by atoms with Crippen LogP contribution in [0.15, 0.2) is 54.9 Å². The normalized spacial score (nSPS) is 16.0. The number of hydrogen-bond donors (Lipinski definition) is 1. The summed E-state index contributed by atoms with van der Waals surface area (Å²) in [5.41, 5.74) is 2.63. The van der Waals surface area contributed by atoms with E-state index in [-0.39, 0.29) is 11.8 Å². The van der Waals surface area contributed by atoms with Crippen molar-refractivity contribution in [2.45, 2.75) is 6.42 Å². The molecule has 1 N–H and O–H groups in total. The second-order valence-electron chi connectivity index (χ2n) is 6.12. The Hall–Kier alpha value is -3.15. The molecule has 0 fully saturated rings. The van der Waals surface area contributed by atoms with Crippen LogP contribution in [-0.4, -0.2) is 27.3 Å². The van der Waals surface area contributed by atoms with Crippen LogP contribution in [0.2, 0.25) is 0 Å². The fourth-order valence-corrected chi connectivity index (χ4v) is 3.05. The number of carbonyl (C=O) groups excluding carboxylic acids is 1. The second-order valence-corrected chi connectivity index (χ2v) is 6.12. The maximum Gasteiger partial charge on any atom is 0.231 e. The van der Waals surface area contributed by atoms with Crippen molar-refractivity contribution in [3.8, 4) is 17.1 Å². The van der Waals surface area contributed by atoms with Crippen molar-refractivity contribution < 1.29 is 9.53 Å². The van der Waals surface area contributed by atoms with Gasteiger partial charge in [-0.3, -0.25) is 4.79 Å². The van der Waals surface area contributed by atoms with E-state index >= 15 is 0 Å². The SMILES string of the molecule is Cn1cnnc1-c1ccccc1NC(=O)[C@H]1COc2ccccc2C1. The molecule has 25 heavy (non-hydrogen) atoms. The van der Waals surface area contributed by atoms with Crippen molar-refractivity contribution in [3.63, 3.8) is 0 Å². The molecular weight excluding hydrogens is 316 g/mol. The number of carbonyl (C=O) groups is 1. The molecule has 4 rings (SSSR count). The summed E-state index contributed by atoms with van der Waals surface area (Å²) in [5.74, 6) is 1.30. The van der Waals surface area contributed by atoms with Crippen molar-refractivity contribution in [1.29, 1.82) is 0 Å². The van der Waals surface area contributed by atoms with Gasteiger partial charge in [-0.15, -0.1) is 10.2 Å². The van der Waals surface area contributed by atoms with E-state index in [2.05, 4.69) is 15.5 Å². The summed E-state index contributed by atoms with van der Waals surface area (Å²) in [6.45, 7) is 0.384. The molecule has 2 heterocycles. The molecule has 1 aromatic heterocycles. The van der Waals surface area contributed by atoms with E-state index in [1.807, 2.05) is 60.1 Å². The number of nitrogens with zero attached hydrogens (tertiary/aromatic N) is 3. The zero-order valence-electron chi connectivity index (χ0n) is 13.8. The van der Waals surface area contributed by atoms with Crippen molar-refractivity contribution in [3.05, 3.63) is 60.4 Å². The predicted octanol–water partition coefficient (Wildman–Crippen LogP) is 2.67. The first kappa shape index (κ1) is 15.4. The smallest absolute Gasteiger partial charge is 0.231 e. The van der Waals surface area contributed by atoms with E-state index < -0.39 is 0 Å². The Morgan fingerprint density at radius 3 is 2.84 bits per heavy atom. The van der Waals surface area contributed by atoms with Crippen LogP contribution in [0.4, 0.5) is 5.69 Å². The predicted molar refractivity (Wildman–Crippen MR) is 94.2 cm³/mol. The zero-order valence-corrected chi connectivity index (χ0v) is 13.8. The lowest BCUT2D eigenvalue weighted by Crippen LogP contribution is -2.32. The number of rotatable bonds is 3. The second kappa shape index (κ2) is 6.39. The summed E-state index contributed by atoms with van der Waals surface area (Å²) < 4.78 is 7.55. The average molecular weight is 334 g/mol. The van der Waals surface area contributed by atoms with Crippen LogP contribution in [0.3, 0.4) is 0 Å². The van der Waals surface area contributed by atoms with Gasteiger partial charge < -0.3 is 14.6 Å². The largest absolute Gasteiger partial charge is 0.492 e. The van der Waals surface area contributed by atoms with Crippen LogP contribution in [0.5, 0.6) is 5.75 Å². The number of hydrogen-bond acceptors (Lipinski definition) is 4. The Labute approximate surface area is 145 Å². The highest BCUT2D eigenvalue weighted by Crippen LogP contribution is 2.29. The molecule has 1 atom stereocenters. The molecular formula is C19H18N4O2. The number of aryl methyl sites for hydroxylation is 1. The molecule has 0 saturated heterocycles. The summed E-state index contributed by atoms with van der Waals surface area (Å²) in [7, 11) is 1.87. The molecule has 0 spiro atoms. The number of ether oxygens (including phenoxy) is 1. The quantitative estimate of drug-likeness (QED) is 0.799. The van der Waals surface area contributed by atoms with Gasteiger partial charge in [-0.25, -0.2) is 0 Å². The van der Waals surface area contributed by atoms with Gasteiger partial charge in [0, 0.05) is 12.6 Å². The van der Waals surface area contributed by atoms with Gasteiger partial charge in [0.1, 0.15) is 18.7 Å². The lowest BCUT2D eigenvalue weighted by molar-refractivity contribution is -0.121. The molecule has 2 aromatic carbocycles. The van der Waals surface area contributed by atoms with E-state index in [0.29, 0.717) is 18.9 Å². The molecule has 0 saturated carbocycles. The van der Waals surface area contributed by atoms with Gasteiger partial charge in [-0.2, -0.15) is 0 Å². The number of amides is 1. The fraction of sp³-hybridized carbons (Fsp3) is 0.211. The molecule has 1 aliphatic rings. The number of fused-ring (bicyclic) bond motifs is 1. The Kier molecular flexibility index (Phi) is 3.93. The molecule has 6 nitrogen and oxygen atoms in total. The van der Waals surface area contributed by atoms with Gasteiger partial charge in [0.05, 0.1) is 11.6 Å². The molecule has 0 bridgehead atoms. The highest BCUT2D eigenvalue weighted by atomic mass is 16.5. The van der Waals surface area contributed by atoms with Gasteiger partial charge in [-0.05, 0) is 30.2 Å². The topological polar surface area (TPSA) is 69.0 Å². The molecule has 0 radical (unpaired) electrons. The van der Waals surface area contributed by atoms with E-state index in [1.54, 1.807) is 6.33 Å². The summed E-state index contributed by atoms with van der Waals surface area (Å²) in [6, 6.07) is 15.4. The molecule has 126 valence electrons. The molecule has 0 aliphatic carbocycles. The number of benzene rings is 2. The van der Waals surface area contributed by atoms with Gasteiger partial charge in [0.15, 0.2) is 5.82 Å². The lowest BCUT2D eigenvalue weighted by Gasteiger charge is -2.24. The first-order valence-electron chi connectivity index (χ1n) is 8.17. The molecule has 1 aliphatic heterocycles. The minimum Gasteiger partial charge on any atom is -0.492 e. The third-order valence-corrected chi connectivity index (χ3v) is 4.39. The van der Waals surface area contributed by atoms with Crippen molar-refractivity contribution in [1.82, 2.24) is 14.8 Å². The fourth-order valence-electron chi connectivity index (χ4n) is 3.05. The number of aromatic nitrogens is 3. The lowest BCUT2D eigenvalue weighted by atomic mass is 9.96. The minimum absolute atomic E-state index is 0.0517. The van der Waals surface area contributed by atoms with Crippen LogP contribution in [0, 0.1) is 5.92 Å². The zero-order chi connectivity index (χ0) is 17.2. The monoisotopic (exact) mass is 334 g/mol. The highest BCUT2D eigenvalue weighted by Gasteiger charge is 2.26. The Morgan fingerprint density at radius 2 is 2.00 bits per heavy atom. The van der Waals surface area contributed by atoms with E-state index in [0.717, 1.165) is 22.6 Å². The number of para-hydroxylation sites is 2. The molecule has 3 aromatic rings. The van der Waals surface area contributed by atoms with Crippen LogP contribution in [-0.2, 0) is 18.3 Å². The Bertz CT molecular complexity index is 919. The van der Waals surface area contributed by atoms with Crippen LogP contribution in [0.1, 0.15) is 5.56 Å². The average Bonchev–Trinajstić information content (AvgIpc) is 3.07. The third-order valence-electron chi connectivity index (χ3n) is 4.39. The van der Waals surface area contributed by atoms with E-state index in [4.69, 9.17) is 4.74 Å². The Morgan fingerprint density at radius 1 is 1.20 bits per heavy atom. The standard InChI is InChI=1S/C19H18N4O2/c1-23-12-20-22-18(23)15-7-3-4-8-16(15)21-19(24)14-10-13-6-2-5-9-17(13)25-11-14/h2-9,12,14H,10-11H2,1H3,(H,21,24)/t14-/m1/s1. The Balaban J connectivity index is 1.56. The van der Waals surface area contributed by atoms with Crippen molar-refractivity contribution in [2.24, 2.45) is 13.0 Å². The van der Waals surface area contributed by atoms with Gasteiger partial charge in [-0.1, -0.05) is 30.3 Å². The molecule has 1 amide bonds. The maximum atomic E-state index is 12.8. The van der Waals surface area contributed by atoms with Gasteiger partial charge >= 0.3 is 0 Å². The number of anilines is 1. The van der Waals surface area contributed by atoms with Crippen molar-refractivity contribution in [2.75, 3.05) is 11.9 Å². The van der Waals surface area contributed by atoms with Gasteiger partial charge in [0.2, 0.25) is 5.91 Å². The highest BCUT2D eigenvalue weighted by molar-refractivity contribution is 5.96. The summed E-state index contributed by atoms with van der Waals surface area (Å²) >= 11 is 0. The number of nitrogens with one attached hydrogen (secondary N) is 1. The van der Waals surface area contributed by atoms with E-state index in [1.165, 1.54) is 0 Å². The summed E-state index contributed by atoms with van der Waals surface area (Å²) in [5, 5.41) is 11.1. The van der Waals surface area contributed by atoms with Crippen LogP contribution in [0.25, 0.3) is 11.4 Å². The minimum atomic E-state index is -0.220. The van der Waals surface area contributed by atoms with Gasteiger partial charge in [0.25, 0.3) is 0 Å². The molecule has 6 heteroatoms. The van der Waals surface area contributed by atoms with Crippen molar-refractivity contribution >= 4 is 11.6 Å². The maximum absolute atomic E-state index is 12.8. The summed E-state index contributed by atoms with van der Waals surface area (Å²) in [4.78, 5) is 12.8. The third kappa shape index (κ3) is 2.98. The molecule has 0 unspecified atom stereocenters.